The second-order valence-electron chi connectivity index (χ2n) is 5.00. The van der Waals surface area contributed by atoms with Crippen molar-refractivity contribution in [2.75, 3.05) is 25.0 Å². The van der Waals surface area contributed by atoms with Gasteiger partial charge in [-0.2, -0.15) is 0 Å². The summed E-state index contributed by atoms with van der Waals surface area (Å²) >= 11 is 0. The van der Waals surface area contributed by atoms with Gasteiger partial charge < -0.3 is 15.3 Å². The molecule has 7 nitrogen and oxygen atoms in total. The largest absolute Gasteiger partial charge is 0.394 e. The zero-order valence-electron chi connectivity index (χ0n) is 11.9. The van der Waals surface area contributed by atoms with Crippen LogP contribution >= 0.6 is 0 Å². The minimum atomic E-state index is -0.549. The van der Waals surface area contributed by atoms with E-state index in [2.05, 4.69) is 5.32 Å². The standard InChI is InChI=1S/C14H19N3O4/c1-2-15-10-5-6-13(17(20)21)12(8-10)14(19)16-7-3-4-11(16)9-18/h5-6,8,11,15,18H,2-4,7,9H2,1H3. The van der Waals surface area contributed by atoms with E-state index in [-0.39, 0.29) is 23.9 Å². The molecule has 21 heavy (non-hydrogen) atoms. The number of nitro benzene ring substituents is 1. The van der Waals surface area contributed by atoms with E-state index in [0.717, 1.165) is 12.8 Å². The highest BCUT2D eigenvalue weighted by Crippen LogP contribution is 2.27. The average molecular weight is 293 g/mol. The minimum absolute atomic E-state index is 0.0683. The highest BCUT2D eigenvalue weighted by atomic mass is 16.6. The van der Waals surface area contributed by atoms with E-state index in [1.54, 1.807) is 6.07 Å². The van der Waals surface area contributed by atoms with Crippen molar-refractivity contribution in [2.24, 2.45) is 0 Å². The summed E-state index contributed by atoms with van der Waals surface area (Å²) < 4.78 is 0. The number of benzene rings is 1. The highest BCUT2D eigenvalue weighted by Gasteiger charge is 2.32. The lowest BCUT2D eigenvalue weighted by molar-refractivity contribution is -0.385. The fourth-order valence-corrected chi connectivity index (χ4v) is 2.63. The third-order valence-corrected chi connectivity index (χ3v) is 3.65. The first-order valence-corrected chi connectivity index (χ1v) is 7.02. The van der Waals surface area contributed by atoms with Gasteiger partial charge in [-0.1, -0.05) is 0 Å². The van der Waals surface area contributed by atoms with Crippen LogP contribution in [0.4, 0.5) is 11.4 Å². The lowest BCUT2D eigenvalue weighted by Crippen LogP contribution is -2.37. The van der Waals surface area contributed by atoms with Crippen molar-refractivity contribution in [1.82, 2.24) is 4.90 Å². The third kappa shape index (κ3) is 3.13. The number of nitrogens with one attached hydrogen (secondary N) is 1. The predicted octanol–water partition coefficient (Wildman–Crippen LogP) is 1.62. The van der Waals surface area contributed by atoms with Crippen LogP contribution in [0.25, 0.3) is 0 Å². The van der Waals surface area contributed by atoms with Crippen LogP contribution in [-0.2, 0) is 0 Å². The summed E-state index contributed by atoms with van der Waals surface area (Å²) in [4.78, 5) is 24.7. The van der Waals surface area contributed by atoms with E-state index >= 15 is 0 Å². The predicted molar refractivity (Wildman–Crippen MR) is 78.4 cm³/mol. The van der Waals surface area contributed by atoms with Gasteiger partial charge in [0, 0.05) is 24.8 Å². The van der Waals surface area contributed by atoms with E-state index < -0.39 is 10.8 Å². The molecule has 1 aromatic rings. The molecule has 1 fully saturated rings. The Hall–Kier alpha value is -2.15. The van der Waals surface area contributed by atoms with Crippen LogP contribution in [0.1, 0.15) is 30.1 Å². The first-order chi connectivity index (χ1) is 10.1. The van der Waals surface area contributed by atoms with Gasteiger partial charge in [0.25, 0.3) is 11.6 Å². The first-order valence-electron chi connectivity index (χ1n) is 7.02. The molecule has 0 aromatic heterocycles. The zero-order chi connectivity index (χ0) is 15.4. The molecular formula is C14H19N3O4. The molecule has 1 heterocycles. The van der Waals surface area contributed by atoms with E-state index in [4.69, 9.17) is 0 Å². The smallest absolute Gasteiger partial charge is 0.282 e. The maximum atomic E-state index is 12.6. The van der Waals surface area contributed by atoms with E-state index in [1.807, 2.05) is 6.92 Å². The number of carbonyl (C=O) groups is 1. The Labute approximate surface area is 122 Å². The first kappa shape index (κ1) is 15.2. The molecule has 0 radical (unpaired) electrons. The van der Waals surface area contributed by atoms with Gasteiger partial charge in [0.15, 0.2) is 0 Å². The molecule has 0 saturated carbocycles. The normalized spacial score (nSPS) is 17.8. The van der Waals surface area contributed by atoms with Crippen LogP contribution in [-0.4, -0.2) is 46.6 Å². The molecule has 1 amide bonds. The summed E-state index contributed by atoms with van der Waals surface area (Å²) in [5.41, 5.74) is 0.537. The molecule has 1 unspecified atom stereocenters. The molecule has 0 bridgehead atoms. The number of rotatable bonds is 5. The summed E-state index contributed by atoms with van der Waals surface area (Å²) in [7, 11) is 0. The number of amides is 1. The van der Waals surface area contributed by atoms with Gasteiger partial charge in [-0.3, -0.25) is 14.9 Å². The number of aliphatic hydroxyl groups is 1. The summed E-state index contributed by atoms with van der Waals surface area (Å²) in [6, 6.07) is 4.19. The zero-order valence-corrected chi connectivity index (χ0v) is 11.9. The Morgan fingerprint density at radius 1 is 1.57 bits per heavy atom. The molecule has 114 valence electrons. The molecule has 2 rings (SSSR count). The number of carbonyl (C=O) groups excluding carboxylic acids is 1. The van der Waals surface area contributed by atoms with Gasteiger partial charge in [-0.05, 0) is 31.9 Å². The van der Waals surface area contributed by atoms with Crippen molar-refractivity contribution < 1.29 is 14.8 Å². The summed E-state index contributed by atoms with van der Waals surface area (Å²) in [5.74, 6) is -0.391. The minimum Gasteiger partial charge on any atom is -0.394 e. The van der Waals surface area contributed by atoms with Gasteiger partial charge in [-0.25, -0.2) is 0 Å². The number of nitrogens with zero attached hydrogens (tertiary/aromatic N) is 2. The molecule has 1 saturated heterocycles. The van der Waals surface area contributed by atoms with Crippen molar-refractivity contribution in [3.63, 3.8) is 0 Å². The maximum Gasteiger partial charge on any atom is 0.282 e. The van der Waals surface area contributed by atoms with Gasteiger partial charge in [0.2, 0.25) is 0 Å². The summed E-state index contributed by atoms with van der Waals surface area (Å²) in [6.45, 7) is 2.97. The Morgan fingerprint density at radius 2 is 2.33 bits per heavy atom. The fourth-order valence-electron chi connectivity index (χ4n) is 2.63. The van der Waals surface area contributed by atoms with Crippen LogP contribution in [0.3, 0.4) is 0 Å². The maximum absolute atomic E-state index is 12.6. The number of hydrogen-bond donors (Lipinski definition) is 2. The van der Waals surface area contributed by atoms with Crippen LogP contribution in [0, 0.1) is 10.1 Å². The van der Waals surface area contributed by atoms with E-state index in [0.29, 0.717) is 18.8 Å². The van der Waals surface area contributed by atoms with E-state index in [1.165, 1.54) is 17.0 Å². The summed E-state index contributed by atoms with van der Waals surface area (Å²) in [5, 5.41) is 23.5. The number of aliphatic hydroxyl groups excluding tert-OH is 1. The Morgan fingerprint density at radius 3 is 2.95 bits per heavy atom. The van der Waals surface area contributed by atoms with Crippen LogP contribution in [0.15, 0.2) is 18.2 Å². The van der Waals surface area contributed by atoms with Gasteiger partial charge in [0.1, 0.15) is 5.56 Å². The number of likely N-dealkylation sites (tertiary alicyclic amines) is 1. The Kier molecular flexibility index (Phi) is 4.74. The fraction of sp³-hybridized carbons (Fsp3) is 0.500. The van der Waals surface area contributed by atoms with Gasteiger partial charge in [-0.15, -0.1) is 0 Å². The molecule has 1 aliphatic rings. The van der Waals surface area contributed by atoms with Crippen LogP contribution < -0.4 is 5.32 Å². The van der Waals surface area contributed by atoms with Gasteiger partial charge >= 0.3 is 0 Å². The third-order valence-electron chi connectivity index (χ3n) is 3.65. The number of hydrogen-bond acceptors (Lipinski definition) is 5. The van der Waals surface area contributed by atoms with Crippen molar-refractivity contribution in [1.29, 1.82) is 0 Å². The monoisotopic (exact) mass is 293 g/mol. The molecule has 1 aliphatic heterocycles. The number of nitro groups is 1. The molecule has 1 atom stereocenters. The molecule has 7 heteroatoms. The second kappa shape index (κ2) is 6.53. The topological polar surface area (TPSA) is 95.7 Å². The molecular weight excluding hydrogens is 274 g/mol. The lowest BCUT2D eigenvalue weighted by Gasteiger charge is -2.23. The average Bonchev–Trinajstić information content (AvgIpc) is 2.95. The Balaban J connectivity index is 2.37. The Bertz CT molecular complexity index is 547. The van der Waals surface area contributed by atoms with Crippen molar-refractivity contribution in [3.05, 3.63) is 33.9 Å². The van der Waals surface area contributed by atoms with E-state index in [9.17, 15) is 20.0 Å². The van der Waals surface area contributed by atoms with Crippen molar-refractivity contribution in [2.45, 2.75) is 25.8 Å². The van der Waals surface area contributed by atoms with Crippen LogP contribution in [0.5, 0.6) is 0 Å². The molecule has 2 N–H and O–H groups in total. The van der Waals surface area contributed by atoms with Crippen molar-refractivity contribution in [3.8, 4) is 0 Å². The highest BCUT2D eigenvalue weighted by molar-refractivity contribution is 5.99. The van der Waals surface area contributed by atoms with Crippen LogP contribution in [0.2, 0.25) is 0 Å². The lowest BCUT2D eigenvalue weighted by atomic mass is 10.1. The summed E-state index contributed by atoms with van der Waals surface area (Å²) in [6.07, 6.45) is 1.53. The van der Waals surface area contributed by atoms with Gasteiger partial charge in [0.05, 0.1) is 17.6 Å². The molecule has 0 aliphatic carbocycles. The number of anilines is 1. The second-order valence-corrected chi connectivity index (χ2v) is 5.00. The SMILES string of the molecule is CCNc1ccc([N+](=O)[O-])c(C(=O)N2CCCC2CO)c1. The molecule has 1 aromatic carbocycles. The van der Waals surface area contributed by atoms with Crippen molar-refractivity contribution >= 4 is 17.3 Å². The quantitative estimate of drug-likeness (QED) is 0.635. The molecule has 0 spiro atoms.